The molecule has 0 bridgehead atoms. The van der Waals surface area contributed by atoms with E-state index in [4.69, 9.17) is 4.74 Å². The van der Waals surface area contributed by atoms with E-state index in [2.05, 4.69) is 18.7 Å². The average molecular weight is 284 g/mol. The van der Waals surface area contributed by atoms with Gasteiger partial charge in [0.2, 0.25) is 0 Å². The number of piperazine rings is 1. The maximum absolute atomic E-state index is 11.9. The van der Waals surface area contributed by atoms with Gasteiger partial charge in [0, 0.05) is 26.2 Å². The van der Waals surface area contributed by atoms with Crippen LogP contribution >= 0.6 is 0 Å². The number of carbonyl (C=O) groups excluding carboxylic acids is 1. The SMILES string of the molecule is CC(C)CCCCN1CCN(C(=O)OC(C)(C)C)CC1. The molecule has 1 heterocycles. The van der Waals surface area contributed by atoms with E-state index in [-0.39, 0.29) is 6.09 Å². The highest BCUT2D eigenvalue weighted by atomic mass is 16.6. The normalized spacial score (nSPS) is 17.6. The summed E-state index contributed by atoms with van der Waals surface area (Å²) in [6, 6.07) is 0. The standard InChI is InChI=1S/C16H32N2O2/c1-14(2)8-6-7-9-17-10-12-18(13-11-17)15(19)20-16(3,4)5/h14H,6-13H2,1-5H3. The van der Waals surface area contributed by atoms with Gasteiger partial charge >= 0.3 is 6.09 Å². The lowest BCUT2D eigenvalue weighted by Crippen LogP contribution is -2.50. The number of amides is 1. The minimum absolute atomic E-state index is 0.169. The predicted molar refractivity (Wildman–Crippen MR) is 82.9 cm³/mol. The van der Waals surface area contributed by atoms with E-state index >= 15 is 0 Å². The molecule has 0 unspecified atom stereocenters. The van der Waals surface area contributed by atoms with Gasteiger partial charge in [-0.25, -0.2) is 4.79 Å². The van der Waals surface area contributed by atoms with Gasteiger partial charge in [0.15, 0.2) is 0 Å². The van der Waals surface area contributed by atoms with Crippen LogP contribution in [0.1, 0.15) is 53.9 Å². The van der Waals surface area contributed by atoms with Crippen LogP contribution in [0.15, 0.2) is 0 Å². The monoisotopic (exact) mass is 284 g/mol. The largest absolute Gasteiger partial charge is 0.444 e. The molecule has 118 valence electrons. The lowest BCUT2D eigenvalue weighted by molar-refractivity contribution is 0.0144. The topological polar surface area (TPSA) is 32.8 Å². The van der Waals surface area contributed by atoms with Crippen LogP contribution in [0.3, 0.4) is 0 Å². The van der Waals surface area contributed by atoms with Crippen LogP contribution in [0.25, 0.3) is 0 Å². The fourth-order valence-electron chi connectivity index (χ4n) is 2.37. The fourth-order valence-corrected chi connectivity index (χ4v) is 2.37. The highest BCUT2D eigenvalue weighted by molar-refractivity contribution is 5.68. The fraction of sp³-hybridized carbons (Fsp3) is 0.938. The van der Waals surface area contributed by atoms with E-state index in [0.717, 1.165) is 38.6 Å². The van der Waals surface area contributed by atoms with Crippen LogP contribution in [-0.2, 0) is 4.74 Å². The van der Waals surface area contributed by atoms with Crippen molar-refractivity contribution in [1.82, 2.24) is 9.80 Å². The lowest BCUT2D eigenvalue weighted by Gasteiger charge is -2.35. The zero-order valence-corrected chi connectivity index (χ0v) is 13.9. The Morgan fingerprint density at radius 3 is 2.20 bits per heavy atom. The molecule has 0 aromatic heterocycles. The van der Waals surface area contributed by atoms with Crippen molar-refractivity contribution in [2.24, 2.45) is 5.92 Å². The lowest BCUT2D eigenvalue weighted by atomic mass is 10.1. The van der Waals surface area contributed by atoms with Gasteiger partial charge in [0.25, 0.3) is 0 Å². The number of nitrogens with zero attached hydrogens (tertiary/aromatic N) is 2. The number of carbonyl (C=O) groups is 1. The molecule has 4 nitrogen and oxygen atoms in total. The van der Waals surface area contributed by atoms with Crippen LogP contribution < -0.4 is 0 Å². The average Bonchev–Trinajstić information content (AvgIpc) is 2.33. The molecule has 0 aliphatic carbocycles. The molecular weight excluding hydrogens is 252 g/mol. The third-order valence-electron chi connectivity index (χ3n) is 3.53. The molecule has 4 heteroatoms. The summed E-state index contributed by atoms with van der Waals surface area (Å²) in [7, 11) is 0. The second-order valence-corrected chi connectivity index (χ2v) is 7.20. The van der Waals surface area contributed by atoms with Crippen LogP contribution in [0.2, 0.25) is 0 Å². The Morgan fingerprint density at radius 1 is 1.10 bits per heavy atom. The highest BCUT2D eigenvalue weighted by Gasteiger charge is 2.25. The van der Waals surface area contributed by atoms with E-state index in [1.165, 1.54) is 19.3 Å². The van der Waals surface area contributed by atoms with Crippen LogP contribution in [0, 0.1) is 5.92 Å². The van der Waals surface area contributed by atoms with Gasteiger partial charge in [-0.15, -0.1) is 0 Å². The van der Waals surface area contributed by atoms with Crippen molar-refractivity contribution >= 4 is 6.09 Å². The summed E-state index contributed by atoms with van der Waals surface area (Å²) in [5, 5.41) is 0. The maximum atomic E-state index is 11.9. The number of ether oxygens (including phenoxy) is 1. The van der Waals surface area contributed by atoms with E-state index in [9.17, 15) is 4.79 Å². The molecular formula is C16H32N2O2. The summed E-state index contributed by atoms with van der Waals surface area (Å²) in [6.45, 7) is 15.0. The third kappa shape index (κ3) is 7.13. The summed E-state index contributed by atoms with van der Waals surface area (Å²) in [5.74, 6) is 0.805. The molecule has 1 saturated heterocycles. The van der Waals surface area contributed by atoms with Gasteiger partial charge in [-0.05, 0) is 39.7 Å². The quantitative estimate of drug-likeness (QED) is 0.726. The minimum Gasteiger partial charge on any atom is -0.444 e. The highest BCUT2D eigenvalue weighted by Crippen LogP contribution is 2.13. The van der Waals surface area contributed by atoms with Crippen molar-refractivity contribution in [1.29, 1.82) is 0 Å². The second-order valence-electron chi connectivity index (χ2n) is 7.20. The van der Waals surface area contributed by atoms with Crippen molar-refractivity contribution < 1.29 is 9.53 Å². The predicted octanol–water partition coefficient (Wildman–Crippen LogP) is 3.37. The van der Waals surface area contributed by atoms with Gasteiger partial charge in [-0.1, -0.05) is 26.7 Å². The Labute approximate surface area is 124 Å². The molecule has 0 spiro atoms. The van der Waals surface area contributed by atoms with Gasteiger partial charge in [-0.3, -0.25) is 4.90 Å². The first-order valence-corrected chi connectivity index (χ1v) is 7.98. The third-order valence-corrected chi connectivity index (χ3v) is 3.53. The number of unbranched alkanes of at least 4 members (excludes halogenated alkanes) is 1. The second kappa shape index (κ2) is 7.87. The molecule has 0 aromatic rings. The van der Waals surface area contributed by atoms with Crippen molar-refractivity contribution in [3.05, 3.63) is 0 Å². The number of hydrogen-bond acceptors (Lipinski definition) is 3. The first kappa shape index (κ1) is 17.3. The molecule has 1 amide bonds. The Balaban J connectivity index is 2.18. The van der Waals surface area contributed by atoms with Gasteiger partial charge < -0.3 is 9.64 Å². The van der Waals surface area contributed by atoms with E-state index < -0.39 is 5.60 Å². The van der Waals surface area contributed by atoms with E-state index in [1.54, 1.807) is 0 Å². The molecule has 1 rings (SSSR count). The molecule has 0 atom stereocenters. The van der Waals surface area contributed by atoms with Gasteiger partial charge in [0.05, 0.1) is 0 Å². The van der Waals surface area contributed by atoms with Crippen LogP contribution in [0.4, 0.5) is 4.79 Å². The summed E-state index contributed by atoms with van der Waals surface area (Å²) in [4.78, 5) is 16.2. The van der Waals surface area contributed by atoms with Crippen molar-refractivity contribution in [2.75, 3.05) is 32.7 Å². The van der Waals surface area contributed by atoms with Gasteiger partial charge in [-0.2, -0.15) is 0 Å². The Bertz CT molecular complexity index is 289. The Morgan fingerprint density at radius 2 is 1.70 bits per heavy atom. The maximum Gasteiger partial charge on any atom is 0.410 e. The van der Waals surface area contributed by atoms with Crippen LogP contribution in [0.5, 0.6) is 0 Å². The van der Waals surface area contributed by atoms with E-state index in [0.29, 0.717) is 0 Å². The number of rotatable bonds is 5. The number of hydrogen-bond donors (Lipinski definition) is 0. The summed E-state index contributed by atoms with van der Waals surface area (Å²) in [5.41, 5.74) is -0.398. The van der Waals surface area contributed by atoms with E-state index in [1.807, 2.05) is 25.7 Å². The van der Waals surface area contributed by atoms with Gasteiger partial charge in [0.1, 0.15) is 5.60 Å². The minimum atomic E-state index is -0.398. The molecule has 1 aliphatic heterocycles. The molecule has 0 radical (unpaired) electrons. The van der Waals surface area contributed by atoms with Crippen LogP contribution in [-0.4, -0.2) is 54.2 Å². The zero-order valence-electron chi connectivity index (χ0n) is 13.9. The molecule has 1 fully saturated rings. The molecule has 20 heavy (non-hydrogen) atoms. The summed E-state index contributed by atoms with van der Waals surface area (Å²) >= 11 is 0. The smallest absolute Gasteiger partial charge is 0.410 e. The molecule has 0 N–H and O–H groups in total. The molecule has 0 aromatic carbocycles. The first-order valence-electron chi connectivity index (χ1n) is 7.98. The van der Waals surface area contributed by atoms with Crippen molar-refractivity contribution in [2.45, 2.75) is 59.5 Å². The van der Waals surface area contributed by atoms with Crippen molar-refractivity contribution in [3.8, 4) is 0 Å². The zero-order chi connectivity index (χ0) is 15.2. The Hall–Kier alpha value is -0.770. The summed E-state index contributed by atoms with van der Waals surface area (Å²) in [6.07, 6.45) is 3.73. The molecule has 1 aliphatic rings. The first-order chi connectivity index (χ1) is 9.28. The molecule has 0 saturated carbocycles. The summed E-state index contributed by atoms with van der Waals surface area (Å²) < 4.78 is 5.41. The van der Waals surface area contributed by atoms with Crippen molar-refractivity contribution in [3.63, 3.8) is 0 Å². The Kier molecular flexibility index (Phi) is 6.80.